The van der Waals surface area contributed by atoms with Crippen LogP contribution in [0.25, 0.3) is 0 Å². The van der Waals surface area contributed by atoms with Gasteiger partial charge < -0.3 is 15.3 Å². The highest BCUT2D eigenvalue weighted by atomic mass is 16.4. The second-order valence-electron chi connectivity index (χ2n) is 4.13. The zero-order valence-corrected chi connectivity index (χ0v) is 9.50. The molecule has 1 aromatic rings. The topological polar surface area (TPSA) is 81.0 Å². The van der Waals surface area contributed by atoms with Gasteiger partial charge in [-0.3, -0.25) is 0 Å². The molecule has 1 heterocycles. The minimum atomic E-state index is -1.04. The van der Waals surface area contributed by atoms with Gasteiger partial charge in [0.1, 0.15) is 12.5 Å². The van der Waals surface area contributed by atoms with E-state index in [1.165, 1.54) is 17.0 Å². The molecule has 92 valence electrons. The Morgan fingerprint density at radius 1 is 1.29 bits per heavy atom. The predicted octanol–water partition coefficient (Wildman–Crippen LogP) is 1.09. The Morgan fingerprint density at radius 3 is 2.53 bits per heavy atom. The summed E-state index contributed by atoms with van der Waals surface area (Å²) in [7, 11) is 0. The number of carbonyl (C=O) groups is 1. The Hall–Kier alpha value is -1.43. The first-order chi connectivity index (χ1) is 8.06. The van der Waals surface area contributed by atoms with Crippen molar-refractivity contribution in [2.45, 2.75) is 25.8 Å². The van der Waals surface area contributed by atoms with Gasteiger partial charge in [-0.25, -0.2) is 9.69 Å². The number of aliphatic hydroxyl groups excluding tert-OH is 2. The number of hydrogen-bond acceptors (Lipinski definition) is 4. The lowest BCUT2D eigenvalue weighted by atomic mass is 10.1. The molecule has 2 rings (SSSR count). The Kier molecular flexibility index (Phi) is 3.15. The van der Waals surface area contributed by atoms with Crippen molar-refractivity contribution in [2.75, 3.05) is 6.54 Å². The molecule has 0 amide bonds. The number of aliphatic hydroxyl groups is 2. The molecule has 0 saturated heterocycles. The van der Waals surface area contributed by atoms with Crippen molar-refractivity contribution in [3.8, 4) is 0 Å². The van der Waals surface area contributed by atoms with Crippen LogP contribution < -0.4 is 0 Å². The first-order valence-corrected chi connectivity index (χ1v) is 5.55. The molecule has 0 aromatic heterocycles. The van der Waals surface area contributed by atoms with E-state index in [4.69, 9.17) is 5.11 Å². The van der Waals surface area contributed by atoms with Gasteiger partial charge in [-0.15, -0.1) is 0 Å². The number of nitrogens with zero attached hydrogens (tertiary/aromatic N) is 1. The van der Waals surface area contributed by atoms with E-state index in [0.29, 0.717) is 17.7 Å². The molecule has 1 aliphatic heterocycles. The van der Waals surface area contributed by atoms with Crippen LogP contribution in [0.1, 0.15) is 47.3 Å². The fourth-order valence-corrected chi connectivity index (χ4v) is 2.16. The Morgan fingerprint density at radius 2 is 1.94 bits per heavy atom. The van der Waals surface area contributed by atoms with E-state index in [1.54, 1.807) is 6.07 Å². The quantitative estimate of drug-likeness (QED) is 0.733. The summed E-state index contributed by atoms with van der Waals surface area (Å²) in [6.45, 7) is 2.50. The van der Waals surface area contributed by atoms with Gasteiger partial charge in [0.25, 0.3) is 0 Å². The molecule has 17 heavy (non-hydrogen) atoms. The normalized spacial score (nSPS) is 23.7. The van der Waals surface area contributed by atoms with Crippen LogP contribution in [-0.4, -0.2) is 32.7 Å². The average Bonchev–Trinajstić information content (AvgIpc) is 2.54. The fraction of sp³-hybridized carbons (Fsp3) is 0.417. The number of carboxylic acids is 1. The molecule has 0 saturated carbocycles. The van der Waals surface area contributed by atoms with Crippen molar-refractivity contribution in [3.63, 3.8) is 0 Å². The maximum absolute atomic E-state index is 10.8. The summed E-state index contributed by atoms with van der Waals surface area (Å²) in [5, 5.41) is 28.9. The standard InChI is InChI=1S/C12H15NO4/c1-2-5-13-10(14)8-4-3-7(12(16)17)6-9(8)11(13)15/h3-4,6,10-11,14-15H,2,5H2,1H3,(H,16,17). The Labute approximate surface area is 98.9 Å². The number of hydrogen-bond donors (Lipinski definition) is 3. The van der Waals surface area contributed by atoms with Crippen LogP contribution in [0.2, 0.25) is 0 Å². The van der Waals surface area contributed by atoms with E-state index in [2.05, 4.69) is 0 Å². The van der Waals surface area contributed by atoms with Crippen molar-refractivity contribution in [1.29, 1.82) is 0 Å². The zero-order chi connectivity index (χ0) is 12.6. The largest absolute Gasteiger partial charge is 0.478 e. The number of benzene rings is 1. The van der Waals surface area contributed by atoms with E-state index in [1.807, 2.05) is 6.92 Å². The summed E-state index contributed by atoms with van der Waals surface area (Å²) >= 11 is 0. The molecule has 0 radical (unpaired) electrons. The third-order valence-electron chi connectivity index (χ3n) is 3.00. The van der Waals surface area contributed by atoms with Gasteiger partial charge in [-0.2, -0.15) is 0 Å². The van der Waals surface area contributed by atoms with E-state index in [9.17, 15) is 15.0 Å². The van der Waals surface area contributed by atoms with Crippen molar-refractivity contribution in [1.82, 2.24) is 4.90 Å². The van der Waals surface area contributed by atoms with Crippen molar-refractivity contribution in [3.05, 3.63) is 34.9 Å². The first kappa shape index (κ1) is 12.0. The Balaban J connectivity index is 2.39. The monoisotopic (exact) mass is 237 g/mol. The fourth-order valence-electron chi connectivity index (χ4n) is 2.16. The molecule has 2 unspecified atom stereocenters. The maximum atomic E-state index is 10.8. The summed E-state index contributed by atoms with van der Waals surface area (Å²) in [6.07, 6.45) is -0.990. The lowest BCUT2D eigenvalue weighted by molar-refractivity contribution is -0.0839. The molecule has 0 bridgehead atoms. The highest BCUT2D eigenvalue weighted by Crippen LogP contribution is 2.39. The second-order valence-corrected chi connectivity index (χ2v) is 4.13. The third kappa shape index (κ3) is 1.93. The average molecular weight is 237 g/mol. The SMILES string of the molecule is CCCN1C(O)c2ccc(C(=O)O)cc2C1O. The highest BCUT2D eigenvalue weighted by molar-refractivity contribution is 5.88. The zero-order valence-electron chi connectivity index (χ0n) is 9.50. The lowest BCUT2D eigenvalue weighted by Gasteiger charge is -2.23. The number of rotatable bonds is 3. The molecule has 0 fully saturated rings. The van der Waals surface area contributed by atoms with E-state index in [-0.39, 0.29) is 5.56 Å². The molecule has 0 aliphatic carbocycles. The summed E-state index contributed by atoms with van der Waals surface area (Å²) in [5.74, 6) is -1.04. The molecule has 1 aromatic carbocycles. The van der Waals surface area contributed by atoms with Crippen LogP contribution in [0.5, 0.6) is 0 Å². The van der Waals surface area contributed by atoms with Crippen LogP contribution in [0.15, 0.2) is 18.2 Å². The van der Waals surface area contributed by atoms with Crippen LogP contribution in [0.4, 0.5) is 0 Å². The highest BCUT2D eigenvalue weighted by Gasteiger charge is 2.35. The number of carboxylic acid groups (broad SMARTS) is 1. The maximum Gasteiger partial charge on any atom is 0.335 e. The lowest BCUT2D eigenvalue weighted by Crippen LogP contribution is -2.26. The molecule has 1 aliphatic rings. The molecule has 0 spiro atoms. The van der Waals surface area contributed by atoms with Crippen molar-refractivity contribution < 1.29 is 20.1 Å². The minimum Gasteiger partial charge on any atom is -0.478 e. The van der Waals surface area contributed by atoms with Crippen LogP contribution in [0.3, 0.4) is 0 Å². The van der Waals surface area contributed by atoms with Crippen molar-refractivity contribution in [2.24, 2.45) is 0 Å². The first-order valence-electron chi connectivity index (χ1n) is 5.55. The van der Waals surface area contributed by atoms with E-state index >= 15 is 0 Å². The Bertz CT molecular complexity index is 446. The molecular weight excluding hydrogens is 222 g/mol. The minimum absolute atomic E-state index is 0.119. The smallest absolute Gasteiger partial charge is 0.335 e. The van der Waals surface area contributed by atoms with Crippen LogP contribution >= 0.6 is 0 Å². The van der Waals surface area contributed by atoms with E-state index in [0.717, 1.165) is 6.42 Å². The number of aromatic carboxylic acids is 1. The van der Waals surface area contributed by atoms with Crippen LogP contribution in [-0.2, 0) is 0 Å². The van der Waals surface area contributed by atoms with Crippen molar-refractivity contribution >= 4 is 5.97 Å². The van der Waals surface area contributed by atoms with Gasteiger partial charge in [0, 0.05) is 17.7 Å². The molecule has 5 heteroatoms. The summed E-state index contributed by atoms with van der Waals surface area (Å²) in [4.78, 5) is 12.4. The predicted molar refractivity (Wildman–Crippen MR) is 60.3 cm³/mol. The molecule has 3 N–H and O–H groups in total. The number of fused-ring (bicyclic) bond motifs is 1. The van der Waals surface area contributed by atoms with Gasteiger partial charge >= 0.3 is 5.97 Å². The van der Waals surface area contributed by atoms with Crippen LogP contribution in [0, 0.1) is 0 Å². The summed E-state index contributed by atoms with van der Waals surface area (Å²) in [6, 6.07) is 4.41. The molecule has 5 nitrogen and oxygen atoms in total. The second kappa shape index (κ2) is 4.44. The molecular formula is C12H15NO4. The summed E-state index contributed by atoms with van der Waals surface area (Å²) in [5.41, 5.74) is 1.18. The van der Waals surface area contributed by atoms with Gasteiger partial charge in [0.15, 0.2) is 0 Å². The van der Waals surface area contributed by atoms with Gasteiger partial charge in [-0.1, -0.05) is 13.0 Å². The van der Waals surface area contributed by atoms with Gasteiger partial charge in [-0.05, 0) is 18.6 Å². The molecule has 2 atom stereocenters. The summed E-state index contributed by atoms with van der Waals surface area (Å²) < 4.78 is 0. The van der Waals surface area contributed by atoms with E-state index < -0.39 is 18.4 Å². The van der Waals surface area contributed by atoms with Gasteiger partial charge in [0.2, 0.25) is 0 Å². The third-order valence-corrected chi connectivity index (χ3v) is 3.00. The van der Waals surface area contributed by atoms with Gasteiger partial charge in [0.05, 0.1) is 5.56 Å².